The molecule has 0 spiro atoms. The topological polar surface area (TPSA) is 62.8 Å². The van der Waals surface area contributed by atoms with Crippen molar-refractivity contribution in [3.63, 3.8) is 0 Å². The van der Waals surface area contributed by atoms with Gasteiger partial charge in [0.25, 0.3) is 0 Å². The molecule has 12 heavy (non-hydrogen) atoms. The zero-order valence-corrected chi connectivity index (χ0v) is 7.52. The first-order valence-electron chi connectivity index (χ1n) is 3.64. The Kier molecular flexibility index (Phi) is 2.65. The monoisotopic (exact) mass is 183 g/mol. The van der Waals surface area contributed by atoms with Crippen LogP contribution in [0.25, 0.3) is 0 Å². The number of aromatic nitrogens is 1. The Morgan fingerprint density at radius 1 is 1.75 bits per heavy atom. The SMILES string of the molecule is CCC(=N)c1cnc(Cl)cc1N. The van der Waals surface area contributed by atoms with Gasteiger partial charge in [0.15, 0.2) is 0 Å². The fraction of sp³-hybridized carbons (Fsp3) is 0.250. The van der Waals surface area contributed by atoms with Gasteiger partial charge in [0.05, 0.1) is 0 Å². The molecule has 0 aliphatic carbocycles. The van der Waals surface area contributed by atoms with Crippen molar-refractivity contribution in [2.24, 2.45) is 0 Å². The Morgan fingerprint density at radius 2 is 2.42 bits per heavy atom. The summed E-state index contributed by atoms with van der Waals surface area (Å²) < 4.78 is 0. The molecule has 4 heteroatoms. The fourth-order valence-corrected chi connectivity index (χ4v) is 1.05. The number of hydrogen-bond acceptors (Lipinski definition) is 3. The predicted molar refractivity (Wildman–Crippen MR) is 50.8 cm³/mol. The molecule has 0 saturated heterocycles. The summed E-state index contributed by atoms with van der Waals surface area (Å²) in [6, 6.07) is 1.56. The van der Waals surface area contributed by atoms with E-state index in [-0.39, 0.29) is 0 Å². The third-order valence-electron chi connectivity index (χ3n) is 1.58. The molecule has 0 aliphatic heterocycles. The third-order valence-corrected chi connectivity index (χ3v) is 1.79. The molecule has 3 N–H and O–H groups in total. The van der Waals surface area contributed by atoms with Crippen LogP contribution in [0.15, 0.2) is 12.3 Å². The number of rotatable bonds is 2. The predicted octanol–water partition coefficient (Wildman–Crippen LogP) is 2.10. The van der Waals surface area contributed by atoms with E-state index in [1.165, 1.54) is 6.20 Å². The lowest BCUT2D eigenvalue weighted by molar-refractivity contribution is 1.22. The van der Waals surface area contributed by atoms with Gasteiger partial charge in [-0.2, -0.15) is 0 Å². The van der Waals surface area contributed by atoms with E-state index in [1.807, 2.05) is 6.92 Å². The number of pyridine rings is 1. The van der Waals surface area contributed by atoms with Gasteiger partial charge in [0.1, 0.15) is 5.15 Å². The summed E-state index contributed by atoms with van der Waals surface area (Å²) >= 11 is 5.60. The van der Waals surface area contributed by atoms with Crippen LogP contribution >= 0.6 is 11.6 Å². The minimum atomic E-state index is 0.361. The molecule has 0 amide bonds. The lowest BCUT2D eigenvalue weighted by Gasteiger charge is -2.04. The molecule has 1 aromatic rings. The largest absolute Gasteiger partial charge is 0.398 e. The molecular formula is C8H10ClN3. The van der Waals surface area contributed by atoms with Crippen LogP contribution in [0.2, 0.25) is 5.15 Å². The van der Waals surface area contributed by atoms with E-state index in [0.29, 0.717) is 28.5 Å². The van der Waals surface area contributed by atoms with E-state index >= 15 is 0 Å². The first-order valence-corrected chi connectivity index (χ1v) is 4.01. The number of halogens is 1. The van der Waals surface area contributed by atoms with Gasteiger partial charge in [0, 0.05) is 23.2 Å². The van der Waals surface area contributed by atoms with Gasteiger partial charge >= 0.3 is 0 Å². The van der Waals surface area contributed by atoms with Crippen molar-refractivity contribution in [2.75, 3.05) is 5.73 Å². The van der Waals surface area contributed by atoms with Gasteiger partial charge in [-0.15, -0.1) is 0 Å². The van der Waals surface area contributed by atoms with E-state index in [2.05, 4.69) is 4.98 Å². The van der Waals surface area contributed by atoms with Crippen molar-refractivity contribution >= 4 is 23.0 Å². The number of nitrogens with two attached hydrogens (primary N) is 1. The molecule has 0 unspecified atom stereocenters. The van der Waals surface area contributed by atoms with Crippen LogP contribution in [0, 0.1) is 5.41 Å². The Labute approximate surface area is 76.1 Å². The minimum absolute atomic E-state index is 0.361. The van der Waals surface area contributed by atoms with Crippen LogP contribution in [0.3, 0.4) is 0 Å². The highest BCUT2D eigenvalue weighted by molar-refractivity contribution is 6.29. The van der Waals surface area contributed by atoms with E-state index in [9.17, 15) is 0 Å². The van der Waals surface area contributed by atoms with Crippen molar-refractivity contribution in [1.82, 2.24) is 4.98 Å². The van der Waals surface area contributed by atoms with Crippen molar-refractivity contribution in [3.05, 3.63) is 23.0 Å². The molecule has 0 aliphatic rings. The standard InChI is InChI=1S/C8H10ClN3/c1-2-6(10)5-4-12-8(9)3-7(5)11/h3-4,10H,2H2,1H3,(H2,11,12). The van der Waals surface area contributed by atoms with E-state index < -0.39 is 0 Å². The molecule has 64 valence electrons. The van der Waals surface area contributed by atoms with Crippen molar-refractivity contribution in [1.29, 1.82) is 5.41 Å². The molecule has 0 atom stereocenters. The lowest BCUT2D eigenvalue weighted by Crippen LogP contribution is -2.02. The second-order valence-electron chi connectivity index (χ2n) is 2.43. The van der Waals surface area contributed by atoms with Crippen molar-refractivity contribution < 1.29 is 0 Å². The summed E-state index contributed by atoms with van der Waals surface area (Å²) in [5, 5.41) is 7.89. The number of hydrogen-bond donors (Lipinski definition) is 2. The summed E-state index contributed by atoms with van der Waals surface area (Å²) in [5.41, 5.74) is 7.30. The number of nitrogens with zero attached hydrogens (tertiary/aromatic N) is 1. The smallest absolute Gasteiger partial charge is 0.131 e. The molecule has 0 fully saturated rings. The number of nitrogen functional groups attached to an aromatic ring is 1. The molecule has 0 radical (unpaired) electrons. The molecule has 1 heterocycles. The van der Waals surface area contributed by atoms with Gasteiger partial charge in [0.2, 0.25) is 0 Å². The molecule has 3 nitrogen and oxygen atoms in total. The first-order chi connectivity index (χ1) is 5.65. The van der Waals surface area contributed by atoms with Gasteiger partial charge in [-0.05, 0) is 12.5 Å². The quantitative estimate of drug-likeness (QED) is 0.545. The zero-order valence-electron chi connectivity index (χ0n) is 6.76. The molecular weight excluding hydrogens is 174 g/mol. The Morgan fingerprint density at radius 3 is 2.92 bits per heavy atom. The molecule has 1 rings (SSSR count). The maximum Gasteiger partial charge on any atom is 0.131 e. The van der Waals surface area contributed by atoms with Crippen LogP contribution in [0.4, 0.5) is 5.69 Å². The van der Waals surface area contributed by atoms with Gasteiger partial charge in [-0.3, -0.25) is 0 Å². The Balaban J connectivity index is 3.09. The normalized spacial score (nSPS) is 9.83. The summed E-state index contributed by atoms with van der Waals surface area (Å²) in [4.78, 5) is 3.85. The highest BCUT2D eigenvalue weighted by atomic mass is 35.5. The lowest BCUT2D eigenvalue weighted by atomic mass is 10.1. The van der Waals surface area contributed by atoms with Gasteiger partial charge < -0.3 is 11.1 Å². The molecule has 0 aromatic carbocycles. The molecule has 0 saturated carbocycles. The van der Waals surface area contributed by atoms with Gasteiger partial charge in [-0.1, -0.05) is 18.5 Å². The highest BCUT2D eigenvalue weighted by Crippen LogP contribution is 2.16. The molecule has 0 bridgehead atoms. The summed E-state index contributed by atoms with van der Waals surface area (Å²) in [6.45, 7) is 1.90. The van der Waals surface area contributed by atoms with E-state index in [1.54, 1.807) is 6.07 Å². The summed E-state index contributed by atoms with van der Waals surface area (Å²) in [5.74, 6) is 0. The average molecular weight is 184 g/mol. The van der Waals surface area contributed by atoms with Crippen molar-refractivity contribution in [2.45, 2.75) is 13.3 Å². The molecule has 1 aromatic heterocycles. The fourth-order valence-electron chi connectivity index (χ4n) is 0.887. The van der Waals surface area contributed by atoms with Gasteiger partial charge in [-0.25, -0.2) is 4.98 Å². The third kappa shape index (κ3) is 1.74. The minimum Gasteiger partial charge on any atom is -0.398 e. The van der Waals surface area contributed by atoms with Crippen LogP contribution in [0.5, 0.6) is 0 Å². The van der Waals surface area contributed by atoms with E-state index in [4.69, 9.17) is 22.7 Å². The van der Waals surface area contributed by atoms with Crippen LogP contribution in [0.1, 0.15) is 18.9 Å². The summed E-state index contributed by atoms with van der Waals surface area (Å²) in [7, 11) is 0. The van der Waals surface area contributed by atoms with Crippen LogP contribution in [-0.4, -0.2) is 10.7 Å². The Hall–Kier alpha value is -1.09. The van der Waals surface area contributed by atoms with Crippen LogP contribution in [-0.2, 0) is 0 Å². The second kappa shape index (κ2) is 3.54. The Bertz CT molecular complexity index is 309. The van der Waals surface area contributed by atoms with Crippen molar-refractivity contribution in [3.8, 4) is 0 Å². The first kappa shape index (κ1) is 9.00. The second-order valence-corrected chi connectivity index (χ2v) is 2.81. The van der Waals surface area contributed by atoms with Crippen LogP contribution < -0.4 is 5.73 Å². The maximum absolute atomic E-state index is 7.53. The average Bonchev–Trinajstić information content (AvgIpc) is 2.03. The number of nitrogens with one attached hydrogen (secondary N) is 1. The zero-order chi connectivity index (χ0) is 9.14. The number of anilines is 1. The highest BCUT2D eigenvalue weighted by Gasteiger charge is 2.04. The van der Waals surface area contributed by atoms with E-state index in [0.717, 1.165) is 0 Å². The summed E-state index contributed by atoms with van der Waals surface area (Å²) in [6.07, 6.45) is 2.18. The maximum atomic E-state index is 7.53.